The van der Waals surface area contributed by atoms with Gasteiger partial charge in [-0.05, 0) is 0 Å². The molecule has 0 aliphatic heterocycles. The summed E-state index contributed by atoms with van der Waals surface area (Å²) < 4.78 is 25.4. The molecule has 0 aromatic rings. The first-order valence-corrected chi connectivity index (χ1v) is 5.01. The fourth-order valence-electron chi connectivity index (χ4n) is 0. The molecule has 0 amide bonds. The van der Waals surface area contributed by atoms with E-state index in [1.807, 2.05) is 0 Å². The third-order valence-corrected chi connectivity index (χ3v) is 0. The molecule has 0 rings (SSSR count). The van der Waals surface area contributed by atoms with Crippen molar-refractivity contribution in [2.24, 2.45) is 0 Å². The van der Waals surface area contributed by atoms with Crippen molar-refractivity contribution in [1.82, 2.24) is 0 Å². The van der Waals surface area contributed by atoms with Crippen LogP contribution in [0.15, 0.2) is 0 Å². The Labute approximate surface area is 35.4 Å². The average molecular weight is 186 g/mol. The minimum atomic E-state index is -4.89. The van der Waals surface area contributed by atoms with Gasteiger partial charge in [0, 0.05) is 0 Å². The molecule has 5 heteroatoms. The van der Waals surface area contributed by atoms with Crippen LogP contribution in [-0.2, 0) is 21.2 Å². The first-order valence-electron chi connectivity index (χ1n) is 0.580. The summed E-state index contributed by atoms with van der Waals surface area (Å²) in [4.78, 5) is 0. The number of halogens is 1. The van der Waals surface area contributed by atoms with Gasteiger partial charge < -0.3 is 0 Å². The second kappa shape index (κ2) is 1.29. The van der Waals surface area contributed by atoms with Crippen LogP contribution < -0.4 is 0 Å². The molecular weight excluding hydrogens is 185 g/mol. The SMILES string of the molecule is [O]=[Ru](=[O])([OH])[Cl]. The van der Waals surface area contributed by atoms with Gasteiger partial charge in [0.25, 0.3) is 0 Å². The fourth-order valence-corrected chi connectivity index (χ4v) is 0. The monoisotopic (exact) mass is 186 g/mol. The van der Waals surface area contributed by atoms with E-state index in [9.17, 15) is 0 Å². The van der Waals surface area contributed by atoms with E-state index in [1.54, 1.807) is 0 Å². The van der Waals surface area contributed by atoms with Crippen molar-refractivity contribution in [2.75, 3.05) is 0 Å². The maximum atomic E-state index is 9.04. The van der Waals surface area contributed by atoms with Gasteiger partial charge in [-0.25, -0.2) is 0 Å². The second-order valence-electron chi connectivity index (χ2n) is 0.357. The first kappa shape index (κ1) is 5.47. The predicted octanol–water partition coefficient (Wildman–Crippen LogP) is -0.108. The van der Waals surface area contributed by atoms with Gasteiger partial charge in [0.05, 0.1) is 0 Å². The fraction of sp³-hybridized carbons (Fsp3) is 0. The quantitative estimate of drug-likeness (QED) is 0.536. The minimum absolute atomic E-state index is 4.14. The van der Waals surface area contributed by atoms with Crippen LogP contribution in [-0.4, -0.2) is 3.93 Å². The van der Waals surface area contributed by atoms with Crippen LogP contribution in [0.1, 0.15) is 0 Å². The van der Waals surface area contributed by atoms with Crippen molar-refractivity contribution >= 4 is 9.69 Å². The first-order chi connectivity index (χ1) is 2.00. The summed E-state index contributed by atoms with van der Waals surface area (Å²) in [6.45, 7) is 0. The van der Waals surface area contributed by atoms with Gasteiger partial charge in [0.2, 0.25) is 0 Å². The Morgan fingerprint density at radius 3 is 1.60 bits per heavy atom. The van der Waals surface area contributed by atoms with Crippen LogP contribution in [0.2, 0.25) is 0 Å². The average Bonchev–Trinajstić information content (AvgIpc) is 0.722. The zero-order valence-electron chi connectivity index (χ0n) is 2.00. The molecule has 34 valence electrons. The number of rotatable bonds is 0. The Kier molecular flexibility index (Phi) is 1.41. The van der Waals surface area contributed by atoms with Crippen molar-refractivity contribution in [3.8, 4) is 0 Å². The molecular formula is HClO3Ru. The summed E-state index contributed by atoms with van der Waals surface area (Å²) in [6.07, 6.45) is 0. The zero-order chi connectivity index (χ0) is 4.50. The van der Waals surface area contributed by atoms with E-state index in [1.165, 1.54) is 0 Å². The zero-order valence-corrected chi connectivity index (χ0v) is 4.49. The van der Waals surface area contributed by atoms with Crippen molar-refractivity contribution < 1.29 is 25.1 Å². The van der Waals surface area contributed by atoms with Crippen LogP contribution in [0.5, 0.6) is 0 Å². The summed E-state index contributed by atoms with van der Waals surface area (Å²) in [5, 5.41) is 0. The van der Waals surface area contributed by atoms with Gasteiger partial charge in [-0.2, -0.15) is 0 Å². The molecule has 0 saturated carbocycles. The second-order valence-corrected chi connectivity index (χ2v) is 4.11. The Bertz CT molecular complexity index is 90.1. The topological polar surface area (TPSA) is 54.4 Å². The molecule has 0 spiro atoms. The van der Waals surface area contributed by atoms with Crippen LogP contribution in [0.4, 0.5) is 0 Å². The molecule has 3 nitrogen and oxygen atoms in total. The van der Waals surface area contributed by atoms with Crippen LogP contribution >= 0.6 is 9.69 Å². The van der Waals surface area contributed by atoms with Gasteiger partial charge in [0.15, 0.2) is 0 Å². The molecule has 0 aliphatic rings. The Morgan fingerprint density at radius 1 is 1.60 bits per heavy atom. The third kappa shape index (κ3) is 122. The molecule has 0 saturated heterocycles. The van der Waals surface area contributed by atoms with E-state index in [-0.39, 0.29) is 0 Å². The van der Waals surface area contributed by atoms with Gasteiger partial charge in [0.1, 0.15) is 0 Å². The van der Waals surface area contributed by atoms with Gasteiger partial charge in [-0.1, -0.05) is 0 Å². The summed E-state index contributed by atoms with van der Waals surface area (Å²) in [5.41, 5.74) is 0. The predicted molar refractivity (Wildman–Crippen MR) is 9.44 cm³/mol. The van der Waals surface area contributed by atoms with E-state index in [0.29, 0.717) is 0 Å². The molecule has 0 atom stereocenters. The Balaban J connectivity index is 4.06. The van der Waals surface area contributed by atoms with E-state index in [2.05, 4.69) is 9.69 Å². The van der Waals surface area contributed by atoms with E-state index in [0.717, 1.165) is 0 Å². The van der Waals surface area contributed by atoms with Gasteiger partial charge >= 0.3 is 34.8 Å². The van der Waals surface area contributed by atoms with Crippen LogP contribution in [0.25, 0.3) is 0 Å². The van der Waals surface area contributed by atoms with E-state index < -0.39 is 14.0 Å². The van der Waals surface area contributed by atoms with Crippen molar-refractivity contribution in [2.45, 2.75) is 0 Å². The van der Waals surface area contributed by atoms with Crippen molar-refractivity contribution in [3.63, 3.8) is 0 Å². The number of hydrogen-bond acceptors (Lipinski definition) is 2. The van der Waals surface area contributed by atoms with Crippen LogP contribution in [0, 0.1) is 0 Å². The molecule has 0 heterocycles. The molecule has 0 aliphatic carbocycles. The van der Waals surface area contributed by atoms with Crippen molar-refractivity contribution in [1.29, 1.82) is 0 Å². The molecule has 0 aromatic carbocycles. The maximum absolute atomic E-state index is 9.04. The normalized spacial score (nSPS) is 14.8. The Morgan fingerprint density at radius 2 is 1.60 bits per heavy atom. The summed E-state index contributed by atoms with van der Waals surface area (Å²) in [7, 11) is 4.14. The number of hydrogen-bond donors (Lipinski definition) is 1. The molecule has 0 unspecified atom stereocenters. The Hall–Kier alpha value is 0.473. The third-order valence-electron chi connectivity index (χ3n) is 0. The molecule has 0 aromatic heterocycles. The van der Waals surface area contributed by atoms with Crippen LogP contribution in [0.3, 0.4) is 0 Å². The van der Waals surface area contributed by atoms with E-state index in [4.69, 9.17) is 11.1 Å². The molecule has 0 fully saturated rings. The summed E-state index contributed by atoms with van der Waals surface area (Å²) in [5.74, 6) is 0. The molecule has 0 radical (unpaired) electrons. The van der Waals surface area contributed by atoms with Crippen molar-refractivity contribution in [3.05, 3.63) is 0 Å². The van der Waals surface area contributed by atoms with Gasteiger partial charge in [-0.15, -0.1) is 0 Å². The molecule has 0 bridgehead atoms. The summed E-state index contributed by atoms with van der Waals surface area (Å²) >= 11 is -4.89. The summed E-state index contributed by atoms with van der Waals surface area (Å²) in [6, 6.07) is 0. The molecule has 1 N–H and O–H groups in total. The standard InChI is InChI=1S/ClH.H2O.2O.Ru/h1H;1H2;;;/q;;;;+2/p-2. The molecule has 5 heavy (non-hydrogen) atoms. The van der Waals surface area contributed by atoms with E-state index >= 15 is 0 Å². The van der Waals surface area contributed by atoms with Gasteiger partial charge in [-0.3, -0.25) is 0 Å².